The molecule has 0 aliphatic heterocycles. The first-order chi connectivity index (χ1) is 16.6. The Morgan fingerprint density at radius 2 is 1.91 bits per heavy atom. The fourth-order valence-corrected chi connectivity index (χ4v) is 6.39. The summed E-state index contributed by atoms with van der Waals surface area (Å²) in [5, 5.41) is 43.1. The van der Waals surface area contributed by atoms with Crippen LogP contribution in [0, 0.1) is 17.3 Å². The zero-order valence-corrected chi connectivity index (χ0v) is 22.1. The summed E-state index contributed by atoms with van der Waals surface area (Å²) >= 11 is 0. The van der Waals surface area contributed by atoms with Crippen molar-refractivity contribution < 1.29 is 25.2 Å². The molecular weight excluding hydrogens is 440 g/mol. The van der Waals surface area contributed by atoms with Crippen molar-refractivity contribution >= 4 is 6.29 Å². The SMILES string of the molecule is C=C(/C=C/C=C(/CO)[C@@H]1CC[C@@]2(C1O)[C@H](CCCO)/C(=C(\C)C=O)CC[C@]2(C)O)CCC=C(C)C. The van der Waals surface area contributed by atoms with E-state index in [9.17, 15) is 25.2 Å². The fourth-order valence-electron chi connectivity index (χ4n) is 6.39. The van der Waals surface area contributed by atoms with E-state index in [-0.39, 0.29) is 25.0 Å². The van der Waals surface area contributed by atoms with Gasteiger partial charge in [0.25, 0.3) is 0 Å². The second-order valence-electron chi connectivity index (χ2n) is 10.9. The van der Waals surface area contributed by atoms with Crippen LogP contribution in [0.1, 0.15) is 79.1 Å². The van der Waals surface area contributed by atoms with Gasteiger partial charge in [-0.2, -0.15) is 0 Å². The molecule has 1 unspecified atom stereocenters. The first-order valence-corrected chi connectivity index (χ1v) is 13.0. The van der Waals surface area contributed by atoms with Crippen LogP contribution in [-0.2, 0) is 4.79 Å². The van der Waals surface area contributed by atoms with Crippen molar-refractivity contribution in [3.05, 3.63) is 58.7 Å². The molecule has 5 atom stereocenters. The first-order valence-electron chi connectivity index (χ1n) is 13.0. The Morgan fingerprint density at radius 1 is 1.20 bits per heavy atom. The third-order valence-electron chi connectivity index (χ3n) is 8.36. The van der Waals surface area contributed by atoms with Crippen molar-refractivity contribution in [3.63, 3.8) is 0 Å². The van der Waals surface area contributed by atoms with E-state index >= 15 is 0 Å². The summed E-state index contributed by atoms with van der Waals surface area (Å²) in [5.74, 6) is -0.489. The Morgan fingerprint density at radius 3 is 2.51 bits per heavy atom. The molecule has 35 heavy (non-hydrogen) atoms. The van der Waals surface area contributed by atoms with Crippen LogP contribution in [0.15, 0.2) is 58.7 Å². The maximum atomic E-state index is 11.8. The standard InChI is InChI=1S/C30H46O5/c1-21(2)9-6-10-22(3)11-7-12-24(20-33)26-15-17-30(28(26)34)27(13-8-18-31)25(23(4)19-32)14-16-29(30,5)35/h7,9,11-12,19,26-28,31,33-35H,3,6,8,10,13-18,20H2,1-2,4-5H3/b11-7+,24-12-,25-23+/t26-,27+,28?,29-,30-/m0/s1. The van der Waals surface area contributed by atoms with E-state index in [0.717, 1.165) is 35.8 Å². The van der Waals surface area contributed by atoms with Gasteiger partial charge in [-0.3, -0.25) is 4.79 Å². The molecule has 2 aliphatic carbocycles. The Bertz CT molecular complexity index is 871. The topological polar surface area (TPSA) is 98.0 Å². The summed E-state index contributed by atoms with van der Waals surface area (Å²) < 4.78 is 0. The molecule has 0 aromatic rings. The van der Waals surface area contributed by atoms with E-state index in [1.54, 1.807) is 13.8 Å². The minimum absolute atomic E-state index is 0.0196. The van der Waals surface area contributed by atoms with Gasteiger partial charge in [0.15, 0.2) is 0 Å². The molecular formula is C30H46O5. The van der Waals surface area contributed by atoms with Crippen molar-refractivity contribution in [2.24, 2.45) is 17.3 Å². The molecule has 0 aromatic heterocycles. The summed E-state index contributed by atoms with van der Waals surface area (Å²) in [6.07, 6.45) is 13.1. The van der Waals surface area contributed by atoms with Crippen LogP contribution < -0.4 is 0 Å². The summed E-state index contributed by atoms with van der Waals surface area (Å²) in [6, 6.07) is 0. The van der Waals surface area contributed by atoms with Crippen LogP contribution in [0.5, 0.6) is 0 Å². The van der Waals surface area contributed by atoms with Gasteiger partial charge >= 0.3 is 0 Å². The molecule has 0 bridgehead atoms. The van der Waals surface area contributed by atoms with Crippen molar-refractivity contribution in [3.8, 4) is 0 Å². The third kappa shape index (κ3) is 6.51. The molecule has 0 radical (unpaired) electrons. The number of allylic oxidation sites excluding steroid dienone is 8. The van der Waals surface area contributed by atoms with E-state index in [2.05, 4.69) is 26.5 Å². The fraction of sp³-hybridized carbons (Fsp3) is 0.633. The summed E-state index contributed by atoms with van der Waals surface area (Å²) in [5.41, 5.74) is 2.71. The lowest BCUT2D eigenvalue weighted by molar-refractivity contribution is -0.167. The lowest BCUT2D eigenvalue weighted by Gasteiger charge is -2.55. The normalized spacial score (nSPS) is 32.8. The second-order valence-corrected chi connectivity index (χ2v) is 10.9. The highest BCUT2D eigenvalue weighted by atomic mass is 16.3. The van der Waals surface area contributed by atoms with Gasteiger partial charge in [0.1, 0.15) is 6.29 Å². The minimum Gasteiger partial charge on any atom is -0.396 e. The molecule has 4 N–H and O–H groups in total. The maximum absolute atomic E-state index is 11.8. The molecule has 196 valence electrons. The molecule has 0 saturated heterocycles. The molecule has 2 aliphatic rings. The molecule has 2 saturated carbocycles. The number of aliphatic hydroxyl groups is 4. The molecule has 0 amide bonds. The van der Waals surface area contributed by atoms with Crippen LogP contribution in [0.25, 0.3) is 0 Å². The van der Waals surface area contributed by atoms with Crippen molar-refractivity contribution in [2.45, 2.75) is 90.8 Å². The lowest BCUT2D eigenvalue weighted by Crippen LogP contribution is -2.59. The predicted molar refractivity (Wildman–Crippen MR) is 142 cm³/mol. The largest absolute Gasteiger partial charge is 0.396 e. The number of carbonyl (C=O) groups is 1. The summed E-state index contributed by atoms with van der Waals surface area (Å²) in [7, 11) is 0. The van der Waals surface area contributed by atoms with Gasteiger partial charge in [0, 0.05) is 17.9 Å². The van der Waals surface area contributed by atoms with Crippen LogP contribution in [0.3, 0.4) is 0 Å². The molecule has 2 rings (SSSR count). The quantitative estimate of drug-likeness (QED) is 0.143. The molecule has 1 spiro atoms. The number of aliphatic hydroxyl groups excluding tert-OH is 3. The van der Waals surface area contributed by atoms with Gasteiger partial charge < -0.3 is 20.4 Å². The van der Waals surface area contributed by atoms with Gasteiger partial charge in [-0.05, 0) is 96.1 Å². The Hall–Kier alpha value is -1.79. The van der Waals surface area contributed by atoms with E-state index in [4.69, 9.17) is 0 Å². The van der Waals surface area contributed by atoms with E-state index in [1.807, 2.05) is 18.2 Å². The highest BCUT2D eigenvalue weighted by Crippen LogP contribution is 2.62. The van der Waals surface area contributed by atoms with Crippen LogP contribution in [0.2, 0.25) is 0 Å². The number of carbonyl (C=O) groups excluding carboxylic acids is 1. The van der Waals surface area contributed by atoms with Crippen LogP contribution in [0.4, 0.5) is 0 Å². The first kappa shape index (κ1) is 29.4. The smallest absolute Gasteiger partial charge is 0.145 e. The number of aldehydes is 1. The Balaban J connectivity index is 2.35. The second kappa shape index (κ2) is 13.0. The number of rotatable bonds is 11. The minimum atomic E-state index is -1.12. The predicted octanol–water partition coefficient (Wildman–Crippen LogP) is 4.97. The van der Waals surface area contributed by atoms with Gasteiger partial charge in [-0.1, -0.05) is 47.6 Å². The van der Waals surface area contributed by atoms with E-state index in [0.29, 0.717) is 44.1 Å². The van der Waals surface area contributed by atoms with Crippen molar-refractivity contribution in [1.82, 2.24) is 0 Å². The summed E-state index contributed by atoms with van der Waals surface area (Å²) in [4.78, 5) is 11.7. The molecule has 0 aromatic carbocycles. The van der Waals surface area contributed by atoms with E-state index < -0.39 is 17.1 Å². The zero-order valence-electron chi connectivity index (χ0n) is 22.1. The van der Waals surface area contributed by atoms with Gasteiger partial charge in [0.05, 0.1) is 18.3 Å². The third-order valence-corrected chi connectivity index (χ3v) is 8.36. The Labute approximate surface area is 211 Å². The molecule has 0 heterocycles. The van der Waals surface area contributed by atoms with Gasteiger partial charge in [-0.15, -0.1) is 0 Å². The average Bonchev–Trinajstić information content (AvgIpc) is 3.15. The highest BCUT2D eigenvalue weighted by Gasteiger charge is 2.63. The monoisotopic (exact) mass is 486 g/mol. The highest BCUT2D eigenvalue weighted by molar-refractivity contribution is 5.74. The molecule has 2 fully saturated rings. The van der Waals surface area contributed by atoms with E-state index in [1.165, 1.54) is 5.57 Å². The van der Waals surface area contributed by atoms with Gasteiger partial charge in [-0.25, -0.2) is 0 Å². The van der Waals surface area contributed by atoms with Crippen LogP contribution >= 0.6 is 0 Å². The van der Waals surface area contributed by atoms with Crippen molar-refractivity contribution in [1.29, 1.82) is 0 Å². The van der Waals surface area contributed by atoms with Gasteiger partial charge in [0.2, 0.25) is 0 Å². The van der Waals surface area contributed by atoms with Crippen LogP contribution in [-0.4, -0.2) is 51.6 Å². The lowest BCUT2D eigenvalue weighted by atomic mass is 9.52. The molecule has 5 heteroatoms. The molecule has 5 nitrogen and oxygen atoms in total. The average molecular weight is 487 g/mol. The maximum Gasteiger partial charge on any atom is 0.145 e. The summed E-state index contributed by atoms with van der Waals surface area (Å²) in [6.45, 7) is 11.7. The number of hydrogen-bond donors (Lipinski definition) is 4. The zero-order chi connectivity index (χ0) is 26.2. The number of hydrogen-bond acceptors (Lipinski definition) is 5. The Kier molecular flexibility index (Phi) is 10.9. The van der Waals surface area contributed by atoms with Crippen molar-refractivity contribution in [2.75, 3.05) is 13.2 Å².